The highest BCUT2D eigenvalue weighted by Gasteiger charge is 2.31. The molecule has 0 bridgehead atoms. The summed E-state index contributed by atoms with van der Waals surface area (Å²) in [6.07, 6.45) is -3.67. The zero-order valence-corrected chi connectivity index (χ0v) is 11.4. The fourth-order valence-corrected chi connectivity index (χ4v) is 1.70. The summed E-state index contributed by atoms with van der Waals surface area (Å²) in [6.45, 7) is 0.500. The van der Waals surface area contributed by atoms with Crippen molar-refractivity contribution in [2.75, 3.05) is 18.9 Å². The van der Waals surface area contributed by atoms with Crippen molar-refractivity contribution >= 4 is 21.8 Å². The molecule has 6 heteroatoms. The highest BCUT2D eigenvalue weighted by atomic mass is 79.9. The Bertz CT molecular complexity index is 420. The Morgan fingerprint density at radius 2 is 2.06 bits per heavy atom. The first-order valence-electron chi connectivity index (χ1n) is 5.35. The van der Waals surface area contributed by atoms with Crippen molar-refractivity contribution in [2.45, 2.75) is 12.6 Å². The molecule has 0 radical (unpaired) electrons. The van der Waals surface area contributed by atoms with Crippen LogP contribution in [0.15, 0.2) is 24.3 Å². The minimum absolute atomic E-state index is 0.0573. The molecule has 0 aliphatic rings. The second kappa shape index (κ2) is 6.22. The van der Waals surface area contributed by atoms with Gasteiger partial charge >= 0.3 is 6.18 Å². The van der Waals surface area contributed by atoms with Crippen LogP contribution in [0.2, 0.25) is 0 Å². The quantitative estimate of drug-likeness (QED) is 0.776. The van der Waals surface area contributed by atoms with E-state index in [2.05, 4.69) is 15.9 Å². The summed E-state index contributed by atoms with van der Waals surface area (Å²) in [7, 11) is 1.57. The fourth-order valence-electron chi connectivity index (χ4n) is 1.45. The minimum atomic E-state index is -4.43. The summed E-state index contributed by atoms with van der Waals surface area (Å²) in [5.41, 5.74) is -0.746. The molecule has 2 nitrogen and oxygen atoms in total. The lowest BCUT2D eigenvalue weighted by Crippen LogP contribution is -2.28. The summed E-state index contributed by atoms with van der Waals surface area (Å²) < 4.78 is 37.5. The molecule has 0 aromatic heterocycles. The number of nitrogens with zero attached hydrogens (tertiary/aromatic N) is 1. The fraction of sp³-hybridized carbons (Fsp3) is 0.417. The van der Waals surface area contributed by atoms with Crippen LogP contribution in [0.4, 0.5) is 13.2 Å². The van der Waals surface area contributed by atoms with E-state index in [4.69, 9.17) is 0 Å². The van der Waals surface area contributed by atoms with Gasteiger partial charge in [-0.1, -0.05) is 22.0 Å². The number of amides is 1. The predicted octanol–water partition coefficient (Wildman–Crippen LogP) is 3.56. The number of rotatable bonds is 4. The Labute approximate surface area is 112 Å². The first-order valence-corrected chi connectivity index (χ1v) is 6.47. The number of hydrogen-bond donors (Lipinski definition) is 0. The van der Waals surface area contributed by atoms with Crippen LogP contribution >= 0.6 is 15.9 Å². The van der Waals surface area contributed by atoms with Crippen molar-refractivity contribution in [1.82, 2.24) is 4.90 Å². The smallest absolute Gasteiger partial charge is 0.342 e. The van der Waals surface area contributed by atoms with Crippen molar-refractivity contribution in [3.63, 3.8) is 0 Å². The normalized spacial score (nSPS) is 11.4. The van der Waals surface area contributed by atoms with E-state index in [1.807, 2.05) is 0 Å². The largest absolute Gasteiger partial charge is 0.416 e. The molecule has 18 heavy (non-hydrogen) atoms. The maximum absolute atomic E-state index is 12.5. The molecule has 0 spiro atoms. The van der Waals surface area contributed by atoms with E-state index >= 15 is 0 Å². The van der Waals surface area contributed by atoms with Crippen LogP contribution in [-0.2, 0) is 6.18 Å². The molecule has 1 aromatic carbocycles. The average molecular weight is 324 g/mol. The second-order valence-electron chi connectivity index (χ2n) is 3.85. The Morgan fingerprint density at radius 3 is 2.61 bits per heavy atom. The second-order valence-corrected chi connectivity index (χ2v) is 4.64. The number of halogens is 4. The van der Waals surface area contributed by atoms with Gasteiger partial charge in [-0.15, -0.1) is 0 Å². The summed E-state index contributed by atoms with van der Waals surface area (Å²) >= 11 is 3.23. The van der Waals surface area contributed by atoms with Crippen molar-refractivity contribution in [2.24, 2.45) is 0 Å². The molecule has 1 rings (SSSR count). The van der Waals surface area contributed by atoms with Gasteiger partial charge < -0.3 is 4.90 Å². The van der Waals surface area contributed by atoms with Gasteiger partial charge in [0, 0.05) is 24.5 Å². The molecule has 0 unspecified atom stereocenters. The Kier molecular flexibility index (Phi) is 5.19. The van der Waals surface area contributed by atoms with Gasteiger partial charge in [-0.3, -0.25) is 4.79 Å². The van der Waals surface area contributed by atoms with Crippen molar-refractivity contribution in [3.05, 3.63) is 35.4 Å². The van der Waals surface area contributed by atoms with Gasteiger partial charge in [-0.25, -0.2) is 0 Å². The lowest BCUT2D eigenvalue weighted by Gasteiger charge is -2.17. The van der Waals surface area contributed by atoms with E-state index in [9.17, 15) is 18.0 Å². The summed E-state index contributed by atoms with van der Waals surface area (Å²) in [5, 5.41) is 0.743. The Morgan fingerprint density at radius 1 is 1.39 bits per heavy atom. The van der Waals surface area contributed by atoms with E-state index < -0.39 is 17.6 Å². The van der Waals surface area contributed by atoms with Gasteiger partial charge in [0.15, 0.2) is 0 Å². The molecule has 0 saturated heterocycles. The Balaban J connectivity index is 2.87. The van der Waals surface area contributed by atoms with E-state index in [0.29, 0.717) is 6.54 Å². The minimum Gasteiger partial charge on any atom is -0.342 e. The zero-order chi connectivity index (χ0) is 13.8. The third-order valence-corrected chi connectivity index (χ3v) is 2.97. The molecular formula is C12H13BrF3NO. The topological polar surface area (TPSA) is 20.3 Å². The molecule has 0 saturated carbocycles. The number of alkyl halides is 4. The van der Waals surface area contributed by atoms with E-state index in [1.54, 1.807) is 7.05 Å². The van der Waals surface area contributed by atoms with Crippen LogP contribution in [-0.4, -0.2) is 29.7 Å². The third kappa shape index (κ3) is 4.01. The van der Waals surface area contributed by atoms with E-state index in [-0.39, 0.29) is 5.56 Å². The van der Waals surface area contributed by atoms with Crippen LogP contribution in [0.5, 0.6) is 0 Å². The predicted molar refractivity (Wildman–Crippen MR) is 66.8 cm³/mol. The van der Waals surface area contributed by atoms with Crippen LogP contribution in [0.3, 0.4) is 0 Å². The molecule has 0 fully saturated rings. The summed E-state index contributed by atoms with van der Waals surface area (Å²) in [5.74, 6) is -0.401. The van der Waals surface area contributed by atoms with Crippen molar-refractivity contribution < 1.29 is 18.0 Å². The van der Waals surface area contributed by atoms with Crippen LogP contribution in [0.1, 0.15) is 22.3 Å². The molecule has 0 N–H and O–H groups in total. The van der Waals surface area contributed by atoms with E-state index in [1.165, 1.54) is 17.0 Å². The number of benzene rings is 1. The Hall–Kier alpha value is -1.04. The first kappa shape index (κ1) is 15.0. The highest BCUT2D eigenvalue weighted by Crippen LogP contribution is 2.29. The average Bonchev–Trinajstić information content (AvgIpc) is 2.34. The van der Waals surface area contributed by atoms with Gasteiger partial charge in [0.05, 0.1) is 5.56 Å². The zero-order valence-electron chi connectivity index (χ0n) is 9.80. The van der Waals surface area contributed by atoms with Crippen LogP contribution in [0, 0.1) is 0 Å². The maximum Gasteiger partial charge on any atom is 0.416 e. The van der Waals surface area contributed by atoms with Gasteiger partial charge in [-0.2, -0.15) is 13.2 Å². The lowest BCUT2D eigenvalue weighted by atomic mass is 10.1. The summed E-state index contributed by atoms with van der Waals surface area (Å²) in [4.78, 5) is 13.3. The number of carbonyl (C=O) groups excluding carboxylic acids is 1. The lowest BCUT2D eigenvalue weighted by molar-refractivity contribution is -0.137. The first-order chi connectivity index (χ1) is 8.36. The third-order valence-electron chi connectivity index (χ3n) is 2.41. The molecule has 0 heterocycles. The van der Waals surface area contributed by atoms with Gasteiger partial charge in [0.25, 0.3) is 5.91 Å². The molecule has 0 aliphatic carbocycles. The summed E-state index contributed by atoms with van der Waals surface area (Å²) in [6, 6.07) is 4.47. The molecule has 0 aliphatic heterocycles. The van der Waals surface area contributed by atoms with Gasteiger partial charge in [-0.05, 0) is 24.6 Å². The molecule has 0 atom stereocenters. The van der Waals surface area contributed by atoms with Crippen LogP contribution in [0.25, 0.3) is 0 Å². The van der Waals surface area contributed by atoms with Crippen molar-refractivity contribution in [3.8, 4) is 0 Å². The van der Waals surface area contributed by atoms with Crippen LogP contribution < -0.4 is 0 Å². The monoisotopic (exact) mass is 323 g/mol. The standard InChI is InChI=1S/C12H13BrF3NO/c1-17(7-3-6-13)11(18)9-4-2-5-10(8-9)12(14,15)16/h2,4-5,8H,3,6-7H2,1H3. The van der Waals surface area contributed by atoms with Gasteiger partial charge in [0.1, 0.15) is 0 Å². The molecule has 1 aromatic rings. The number of carbonyl (C=O) groups is 1. The molecular weight excluding hydrogens is 311 g/mol. The molecule has 100 valence electrons. The van der Waals surface area contributed by atoms with Crippen molar-refractivity contribution in [1.29, 1.82) is 0 Å². The van der Waals surface area contributed by atoms with E-state index in [0.717, 1.165) is 23.9 Å². The number of hydrogen-bond acceptors (Lipinski definition) is 1. The SMILES string of the molecule is CN(CCCBr)C(=O)c1cccc(C(F)(F)F)c1. The van der Waals surface area contributed by atoms with Gasteiger partial charge in [0.2, 0.25) is 0 Å². The molecule has 1 amide bonds. The maximum atomic E-state index is 12.5. The highest BCUT2D eigenvalue weighted by molar-refractivity contribution is 9.09.